The Kier molecular flexibility index (Phi) is 14.0. The second-order valence-electron chi connectivity index (χ2n) is 17.0. The number of anilines is 1. The molecule has 2 saturated heterocycles. The molecule has 2 aliphatic heterocycles. The number of hydrogen-bond acceptors (Lipinski definition) is 14. The van der Waals surface area contributed by atoms with E-state index in [1.54, 1.807) is 52.7 Å². The fourth-order valence-corrected chi connectivity index (χ4v) is 9.90. The number of azo groups is 1. The summed E-state index contributed by atoms with van der Waals surface area (Å²) in [7, 11) is 0. The van der Waals surface area contributed by atoms with Crippen LogP contribution in [0, 0.1) is 0 Å². The van der Waals surface area contributed by atoms with Gasteiger partial charge in [-0.1, -0.05) is 54.6 Å². The van der Waals surface area contributed by atoms with Gasteiger partial charge < -0.3 is 35.5 Å². The van der Waals surface area contributed by atoms with E-state index in [2.05, 4.69) is 75.7 Å². The van der Waals surface area contributed by atoms with E-state index in [4.69, 9.17) is 9.72 Å². The molecule has 7 heterocycles. The molecule has 0 aliphatic carbocycles. The van der Waals surface area contributed by atoms with E-state index < -0.39 is 5.56 Å². The summed E-state index contributed by atoms with van der Waals surface area (Å²) in [4.78, 5) is 68.1. The largest absolute Gasteiger partial charge is 0.378 e. The predicted octanol–water partition coefficient (Wildman–Crippen LogP) is 6.65. The van der Waals surface area contributed by atoms with Crippen molar-refractivity contribution in [3.8, 4) is 27.6 Å². The van der Waals surface area contributed by atoms with Crippen LogP contribution in [0.2, 0.25) is 0 Å². The number of benzene rings is 3. The first-order valence-electron chi connectivity index (χ1n) is 23.0. The van der Waals surface area contributed by atoms with E-state index in [-0.39, 0.29) is 56.3 Å². The molecule has 70 heavy (non-hydrogen) atoms. The van der Waals surface area contributed by atoms with Crippen molar-refractivity contribution in [2.45, 2.75) is 37.9 Å². The van der Waals surface area contributed by atoms with Gasteiger partial charge in [0, 0.05) is 102 Å². The Balaban J connectivity index is 0.630. The lowest BCUT2D eigenvalue weighted by Crippen LogP contribution is -2.51. The van der Waals surface area contributed by atoms with E-state index in [0.29, 0.717) is 57.1 Å². The van der Waals surface area contributed by atoms with Crippen LogP contribution in [0.15, 0.2) is 135 Å². The van der Waals surface area contributed by atoms with Crippen LogP contribution in [0.4, 0.5) is 16.5 Å². The summed E-state index contributed by atoms with van der Waals surface area (Å²) in [5.41, 5.74) is 6.37. The van der Waals surface area contributed by atoms with Crippen LogP contribution in [0.3, 0.4) is 0 Å². The average Bonchev–Trinajstić information content (AvgIpc) is 4.26. The Morgan fingerprint density at radius 3 is 2.33 bits per heavy atom. The average molecular weight is 976 g/mol. The molecule has 3 aromatic carbocycles. The van der Waals surface area contributed by atoms with Gasteiger partial charge in [-0.15, -0.1) is 32.9 Å². The highest BCUT2D eigenvalue weighted by Gasteiger charge is 2.32. The van der Waals surface area contributed by atoms with E-state index in [0.717, 1.165) is 36.0 Å². The Hall–Kier alpha value is -7.65. The number of aromatic amines is 1. The number of nitrogens with one attached hydrogen (secondary N) is 5. The van der Waals surface area contributed by atoms with Crippen LogP contribution in [-0.2, 0) is 22.5 Å². The van der Waals surface area contributed by atoms with Crippen molar-refractivity contribution in [2.75, 3.05) is 50.8 Å². The number of piperazine rings is 1. The van der Waals surface area contributed by atoms with Crippen LogP contribution in [0.1, 0.15) is 39.1 Å². The number of ether oxygens (including phenoxy) is 1. The third-order valence-corrected chi connectivity index (χ3v) is 13.7. The number of aromatic nitrogens is 6. The summed E-state index contributed by atoms with van der Waals surface area (Å²) < 4.78 is 8.74. The highest BCUT2D eigenvalue weighted by Crippen LogP contribution is 2.31. The summed E-state index contributed by atoms with van der Waals surface area (Å²) in [6.45, 7) is 3.75. The van der Waals surface area contributed by atoms with Gasteiger partial charge in [0.1, 0.15) is 12.2 Å². The lowest BCUT2D eigenvalue weighted by Gasteiger charge is -2.34. The number of hydrogen-bond donors (Lipinski definition) is 5. The molecule has 20 heteroatoms. The molecule has 8 aromatic rings. The molecule has 2 bridgehead atoms. The van der Waals surface area contributed by atoms with Crippen molar-refractivity contribution >= 4 is 67.9 Å². The maximum Gasteiger partial charge on any atom is 0.301 e. The van der Waals surface area contributed by atoms with Gasteiger partial charge >= 0.3 is 5.56 Å². The number of fused-ring (bicyclic) bond motifs is 3. The van der Waals surface area contributed by atoms with E-state index >= 15 is 0 Å². The standard InChI is InChI=1S/C50H49N13O5S2/c64-42(30-61-22-17-36-26-37(27-55-45(36)61)47(66)52-18-16-32-6-14-40(15-7-32)62-28-38-12-13-39(29-62)56-38)51-19-23-68-24-20-53-46(65)35-10-8-33(9-11-35)41-31-70-50(57-41)63-48(67)44(58-59-49-54-21-25-69-49)43(60-63)34-4-2-1-3-5-34/h1-11,14-15,17,21-22,25-27,31,38-39,56,60H,12-13,16,18-20,23-24,28-30H2,(H,51,64)(H,52,66)(H,53,65)/t38-,39+. The van der Waals surface area contributed by atoms with Gasteiger partial charge in [-0.2, -0.15) is 4.68 Å². The smallest absolute Gasteiger partial charge is 0.301 e. The zero-order valence-corrected chi connectivity index (χ0v) is 39.5. The zero-order chi connectivity index (χ0) is 47.8. The molecule has 356 valence electrons. The number of carbonyl (C=O) groups is 3. The molecule has 0 radical (unpaired) electrons. The van der Waals surface area contributed by atoms with E-state index in [9.17, 15) is 19.2 Å². The van der Waals surface area contributed by atoms with E-state index in [1.165, 1.54) is 57.6 Å². The van der Waals surface area contributed by atoms with Crippen molar-refractivity contribution in [1.29, 1.82) is 0 Å². The second-order valence-corrected chi connectivity index (χ2v) is 18.7. The molecule has 0 unspecified atom stereocenters. The minimum Gasteiger partial charge on any atom is -0.378 e. The number of nitrogens with zero attached hydrogens (tertiary/aromatic N) is 8. The van der Waals surface area contributed by atoms with Gasteiger partial charge in [-0.25, -0.2) is 15.0 Å². The topological polar surface area (TPSA) is 218 Å². The monoisotopic (exact) mass is 975 g/mol. The van der Waals surface area contributed by atoms with Gasteiger partial charge in [-0.05, 0) is 61.2 Å². The van der Waals surface area contributed by atoms with Crippen molar-refractivity contribution in [1.82, 2.24) is 50.6 Å². The minimum atomic E-state index is -0.403. The molecule has 0 spiro atoms. The molecular weight excluding hydrogens is 927 g/mol. The summed E-state index contributed by atoms with van der Waals surface area (Å²) in [6, 6.07) is 29.9. The Morgan fingerprint density at radius 2 is 1.56 bits per heavy atom. The van der Waals surface area contributed by atoms with Gasteiger partial charge in [0.05, 0.1) is 30.2 Å². The second kappa shape index (κ2) is 21.3. The molecule has 18 nitrogen and oxygen atoms in total. The maximum atomic E-state index is 13.6. The molecule has 2 fully saturated rings. The molecule has 5 N–H and O–H groups in total. The van der Waals surface area contributed by atoms with Gasteiger partial charge in [0.2, 0.25) is 16.2 Å². The van der Waals surface area contributed by atoms with Gasteiger partial charge in [0.15, 0.2) is 5.69 Å². The molecule has 2 aliphatic rings. The quantitative estimate of drug-likeness (QED) is 0.0429. The number of amides is 3. The first kappa shape index (κ1) is 46.1. The van der Waals surface area contributed by atoms with Crippen LogP contribution in [0.5, 0.6) is 0 Å². The molecule has 0 saturated carbocycles. The predicted molar refractivity (Wildman–Crippen MR) is 270 cm³/mol. The lowest BCUT2D eigenvalue weighted by molar-refractivity contribution is -0.121. The minimum absolute atomic E-state index is 0.0562. The third-order valence-electron chi connectivity index (χ3n) is 12.2. The van der Waals surface area contributed by atoms with Gasteiger partial charge in [-0.3, -0.25) is 24.3 Å². The molecule has 2 atom stereocenters. The van der Waals surface area contributed by atoms with E-state index in [1.807, 2.05) is 41.8 Å². The van der Waals surface area contributed by atoms with Crippen LogP contribution in [-0.4, -0.2) is 105 Å². The summed E-state index contributed by atoms with van der Waals surface area (Å²) >= 11 is 2.60. The lowest BCUT2D eigenvalue weighted by atomic mass is 10.1. The molecule has 10 rings (SSSR count). The van der Waals surface area contributed by atoms with Crippen molar-refractivity contribution < 1.29 is 19.1 Å². The van der Waals surface area contributed by atoms with Crippen LogP contribution < -0.4 is 31.7 Å². The fraction of sp³-hybridized carbons (Fsp3) is 0.260. The highest BCUT2D eigenvalue weighted by molar-refractivity contribution is 7.13. The number of carbonyl (C=O) groups excluding carboxylic acids is 3. The number of pyridine rings is 1. The van der Waals surface area contributed by atoms with Crippen molar-refractivity contribution in [3.05, 3.63) is 147 Å². The number of H-pyrrole nitrogens is 1. The summed E-state index contributed by atoms with van der Waals surface area (Å²) in [5, 5.41) is 29.2. The van der Waals surface area contributed by atoms with Crippen molar-refractivity contribution in [3.63, 3.8) is 0 Å². The first-order chi connectivity index (χ1) is 34.3. The maximum absolute atomic E-state index is 13.6. The van der Waals surface area contributed by atoms with Crippen molar-refractivity contribution in [2.24, 2.45) is 10.2 Å². The summed E-state index contributed by atoms with van der Waals surface area (Å²) in [5.74, 6) is -0.665. The molecular formula is C50H49N13O5S2. The summed E-state index contributed by atoms with van der Waals surface area (Å²) in [6.07, 6.45) is 8.17. The van der Waals surface area contributed by atoms with Gasteiger partial charge in [0.25, 0.3) is 11.8 Å². The number of rotatable bonds is 19. The SMILES string of the molecule is O=C(Cn1ccc2cc(C(=O)NCCc3ccc(N4C[C@H]5CC[C@@H](C4)N5)cc3)cnc21)NCCOCCNC(=O)c1ccc(-c2csc(-n3[nH]c(-c4ccccc4)c(N=Nc4nccs4)c3=O)n2)cc1. The van der Waals surface area contributed by atoms with Crippen LogP contribution >= 0.6 is 22.7 Å². The zero-order valence-electron chi connectivity index (χ0n) is 37.9. The number of thiazole rings is 2. The Bertz CT molecular complexity index is 3170. The third kappa shape index (κ3) is 10.8. The first-order valence-corrected chi connectivity index (χ1v) is 24.8. The Labute approximate surface area is 409 Å². The van der Waals surface area contributed by atoms with Crippen LogP contribution in [0.25, 0.3) is 38.7 Å². The molecule has 3 amide bonds. The fourth-order valence-electron chi connectivity index (χ4n) is 8.66. The normalized spacial score (nSPS) is 15.5. The molecule has 5 aromatic heterocycles. The Morgan fingerprint density at radius 1 is 0.800 bits per heavy atom. The highest BCUT2D eigenvalue weighted by atomic mass is 32.1.